The summed E-state index contributed by atoms with van der Waals surface area (Å²) in [6.45, 7) is 4.61. The average Bonchev–Trinajstić information content (AvgIpc) is 3.56. The normalized spacial score (nSPS) is 24.8. The van der Waals surface area contributed by atoms with E-state index in [1.807, 2.05) is 19.9 Å². The molecule has 168 valence electrons. The average molecular weight is 441 g/mol. The fourth-order valence-electron chi connectivity index (χ4n) is 5.64. The minimum Gasteiger partial charge on any atom is -0.370 e. The maximum Gasteiger partial charge on any atom is 0.270 e. The van der Waals surface area contributed by atoms with Gasteiger partial charge in [0.25, 0.3) is 5.91 Å². The second kappa shape index (κ2) is 7.96. The number of aromatic nitrogens is 1. The first-order valence-electron chi connectivity index (χ1n) is 11.9. The number of nitrogens with one attached hydrogen (secondary N) is 3. The smallest absolute Gasteiger partial charge is 0.270 e. The fraction of sp³-hybridized carbons (Fsp3) is 0.542. The third kappa shape index (κ3) is 3.65. The quantitative estimate of drug-likeness (QED) is 0.372. The maximum atomic E-state index is 13.1. The summed E-state index contributed by atoms with van der Waals surface area (Å²) in [5, 5.41) is 8.49. The van der Waals surface area contributed by atoms with Crippen molar-refractivity contribution in [2.45, 2.75) is 69.7 Å². The first-order chi connectivity index (χ1) is 15.8. The van der Waals surface area contributed by atoms with Crippen LogP contribution in [0.4, 0.5) is 11.5 Å². The van der Waals surface area contributed by atoms with Gasteiger partial charge in [0.1, 0.15) is 17.2 Å². The van der Waals surface area contributed by atoms with Crippen LogP contribution in [0, 0.1) is 5.92 Å². The summed E-state index contributed by atoms with van der Waals surface area (Å²) in [4.78, 5) is 31.4. The van der Waals surface area contributed by atoms with Crippen molar-refractivity contribution in [2.24, 2.45) is 5.92 Å². The number of hydrogen-bond acceptors (Lipinski definition) is 5. The number of rotatable bonds is 5. The summed E-state index contributed by atoms with van der Waals surface area (Å²) < 4.78 is 0. The van der Waals surface area contributed by atoms with Crippen LogP contribution in [0.2, 0.25) is 0 Å². The van der Waals surface area contributed by atoms with Crippen molar-refractivity contribution < 1.29 is 9.59 Å². The minimum atomic E-state index is -1.37. The number of carbonyl (C=O) groups is 2. The summed E-state index contributed by atoms with van der Waals surface area (Å²) >= 11 is 0. The molecule has 4 radical (unpaired) electrons. The van der Waals surface area contributed by atoms with Crippen LogP contribution in [0.5, 0.6) is 0 Å². The van der Waals surface area contributed by atoms with E-state index >= 15 is 0 Å². The summed E-state index contributed by atoms with van der Waals surface area (Å²) in [5.41, 5.74) is 3.04. The van der Waals surface area contributed by atoms with Crippen molar-refractivity contribution in [1.82, 2.24) is 15.2 Å². The molecule has 3 fully saturated rings. The molecule has 3 heterocycles. The molecular formula is C24H29B2N5O2. The van der Waals surface area contributed by atoms with Gasteiger partial charge < -0.3 is 16.0 Å². The first-order valence-corrected chi connectivity index (χ1v) is 11.9. The van der Waals surface area contributed by atoms with Crippen molar-refractivity contribution in [3.8, 4) is 0 Å². The van der Waals surface area contributed by atoms with Gasteiger partial charge in [-0.25, -0.2) is 4.98 Å². The van der Waals surface area contributed by atoms with Gasteiger partial charge in [-0.2, -0.15) is 0 Å². The molecule has 33 heavy (non-hydrogen) atoms. The molecule has 2 aliphatic carbocycles. The molecule has 1 aromatic heterocycles. The Morgan fingerprint density at radius 3 is 2.70 bits per heavy atom. The fourth-order valence-corrected chi connectivity index (χ4v) is 5.64. The first kappa shape index (κ1) is 22.1. The molecule has 2 aliphatic heterocycles. The Kier molecular flexibility index (Phi) is 5.33. The van der Waals surface area contributed by atoms with E-state index in [0.717, 1.165) is 68.2 Å². The van der Waals surface area contributed by atoms with Crippen LogP contribution in [-0.4, -0.2) is 50.1 Å². The van der Waals surface area contributed by atoms with E-state index in [2.05, 4.69) is 20.9 Å². The molecule has 1 saturated heterocycles. The van der Waals surface area contributed by atoms with Crippen LogP contribution in [0.15, 0.2) is 34.8 Å². The number of pyridine rings is 1. The lowest BCUT2D eigenvalue weighted by Gasteiger charge is -2.41. The number of hydrogen-bond donors (Lipinski definition) is 3. The lowest BCUT2D eigenvalue weighted by molar-refractivity contribution is -0.121. The van der Waals surface area contributed by atoms with E-state index in [-0.39, 0.29) is 5.91 Å². The Morgan fingerprint density at radius 2 is 2.03 bits per heavy atom. The van der Waals surface area contributed by atoms with Crippen molar-refractivity contribution >= 4 is 39.5 Å². The van der Waals surface area contributed by atoms with Crippen LogP contribution in [-0.2, 0) is 14.8 Å². The van der Waals surface area contributed by atoms with Crippen LogP contribution < -0.4 is 16.0 Å². The highest BCUT2D eigenvalue weighted by Gasteiger charge is 2.49. The predicted octanol–water partition coefficient (Wildman–Crippen LogP) is 2.62. The van der Waals surface area contributed by atoms with Crippen molar-refractivity contribution in [1.29, 1.82) is 0 Å². The van der Waals surface area contributed by atoms with Crippen molar-refractivity contribution in [2.75, 3.05) is 17.2 Å². The second-order valence-electron chi connectivity index (χ2n) is 9.93. The third-order valence-electron chi connectivity index (χ3n) is 7.51. The number of carbonyl (C=O) groups excluding carboxylic acids is 2. The van der Waals surface area contributed by atoms with Gasteiger partial charge in [-0.1, -0.05) is 6.42 Å². The van der Waals surface area contributed by atoms with Gasteiger partial charge in [0.2, 0.25) is 6.41 Å². The Hall–Kier alpha value is -2.70. The highest BCUT2D eigenvalue weighted by molar-refractivity contribution is 6.43. The predicted molar refractivity (Wildman–Crippen MR) is 130 cm³/mol. The van der Waals surface area contributed by atoms with Gasteiger partial charge in [0.15, 0.2) is 0 Å². The van der Waals surface area contributed by atoms with Crippen LogP contribution in [0.3, 0.4) is 0 Å². The largest absolute Gasteiger partial charge is 0.370 e. The van der Waals surface area contributed by atoms with Gasteiger partial charge >= 0.3 is 0 Å². The van der Waals surface area contributed by atoms with E-state index < -0.39 is 10.9 Å². The molecule has 2 amide bonds. The molecule has 0 unspecified atom stereocenters. The molecule has 5 rings (SSSR count). The second-order valence-corrected chi connectivity index (χ2v) is 9.93. The molecule has 9 heteroatoms. The molecule has 3 N–H and O–H groups in total. The molecular weight excluding hydrogens is 412 g/mol. The van der Waals surface area contributed by atoms with Crippen LogP contribution >= 0.6 is 0 Å². The molecule has 7 nitrogen and oxygen atoms in total. The summed E-state index contributed by atoms with van der Waals surface area (Å²) in [5.74, 6) is 1.24. The molecule has 0 bridgehead atoms. The molecule has 0 aromatic carbocycles. The summed E-state index contributed by atoms with van der Waals surface area (Å²) in [7, 11) is 13.4. The molecule has 4 aliphatic rings. The number of amides is 2. The molecule has 2 saturated carbocycles. The number of fused-ring (bicyclic) bond motifs is 1. The van der Waals surface area contributed by atoms with Gasteiger partial charge in [0, 0.05) is 30.2 Å². The van der Waals surface area contributed by atoms with Crippen LogP contribution in [0.1, 0.15) is 64.4 Å². The van der Waals surface area contributed by atoms with E-state index in [9.17, 15) is 9.59 Å². The Labute approximate surface area is 197 Å². The van der Waals surface area contributed by atoms with Crippen LogP contribution in [0.25, 0.3) is 0 Å². The zero-order valence-electron chi connectivity index (χ0n) is 19.3. The molecule has 1 aromatic rings. The summed E-state index contributed by atoms with van der Waals surface area (Å²) in [6.07, 6.45) is 9.49. The van der Waals surface area contributed by atoms with Gasteiger partial charge in [-0.05, 0) is 80.2 Å². The summed E-state index contributed by atoms with van der Waals surface area (Å²) in [6, 6.07) is 1.92. The monoisotopic (exact) mass is 441 g/mol. The Bertz CT molecular complexity index is 1070. The Morgan fingerprint density at radius 1 is 1.30 bits per heavy atom. The van der Waals surface area contributed by atoms with E-state index in [0.29, 0.717) is 22.4 Å². The van der Waals surface area contributed by atoms with Gasteiger partial charge in [0.05, 0.1) is 15.7 Å². The lowest BCUT2D eigenvalue weighted by atomic mass is 9.45. The molecule has 0 atom stereocenters. The van der Waals surface area contributed by atoms with E-state index in [4.69, 9.17) is 15.7 Å². The number of nitrogens with zero attached hydrogens (tertiary/aromatic N) is 2. The number of anilines is 2. The third-order valence-corrected chi connectivity index (χ3v) is 7.51. The highest BCUT2D eigenvalue weighted by atomic mass is 16.2. The van der Waals surface area contributed by atoms with Crippen molar-refractivity contribution in [3.05, 3.63) is 40.4 Å². The van der Waals surface area contributed by atoms with Gasteiger partial charge in [-0.15, -0.1) is 0 Å². The van der Waals surface area contributed by atoms with Gasteiger partial charge in [-0.3, -0.25) is 14.5 Å². The SMILES string of the molecule is [B]C1([B])C(/C(C)=C2/C(=O)NC3(CCCCC3)N2C=O)=C(C)Nc2cc(NCC3CC3)ncc21. The molecule has 1 spiro atoms. The highest BCUT2D eigenvalue weighted by Crippen LogP contribution is 2.45. The van der Waals surface area contributed by atoms with Crippen molar-refractivity contribution in [3.63, 3.8) is 0 Å². The Balaban J connectivity index is 1.52. The van der Waals surface area contributed by atoms with E-state index in [1.165, 1.54) is 12.8 Å². The van der Waals surface area contributed by atoms with E-state index in [1.54, 1.807) is 11.1 Å². The standard InChI is InChI=1S/C24H29B2N5O2/c1-14(21-22(33)30-23(31(21)13-32)8-4-3-5-9-23)20-15(2)29-18-10-19(27-11-16-6-7-16)28-12-17(18)24(20,25)26/h10,12-13,16,29H,3-9,11H2,1-2H3,(H,27,28)(H,30,33)/b21-14-. The minimum absolute atomic E-state index is 0.263. The zero-order chi connectivity index (χ0) is 23.4. The maximum absolute atomic E-state index is 13.1. The lowest BCUT2D eigenvalue weighted by Crippen LogP contribution is -2.52. The topological polar surface area (TPSA) is 86.4 Å². The zero-order valence-corrected chi connectivity index (χ0v) is 19.3. The number of allylic oxidation sites excluding steroid dienone is 3.